The van der Waals surface area contributed by atoms with Gasteiger partial charge in [-0.2, -0.15) is 4.39 Å². The van der Waals surface area contributed by atoms with Crippen molar-refractivity contribution in [1.82, 2.24) is 0 Å². The van der Waals surface area contributed by atoms with E-state index in [-0.39, 0.29) is 12.1 Å². The summed E-state index contributed by atoms with van der Waals surface area (Å²) in [7, 11) is -3.63. The first-order valence-electron chi connectivity index (χ1n) is 12.2. The summed E-state index contributed by atoms with van der Waals surface area (Å²) < 4.78 is 255. The molecule has 0 aliphatic heterocycles. The molecule has 0 amide bonds. The number of hydrogen-bond acceptors (Lipinski definition) is 2. The summed E-state index contributed by atoms with van der Waals surface area (Å²) in [5, 5.41) is -2.25. The monoisotopic (exact) mass is 706 g/mol. The van der Waals surface area contributed by atoms with Gasteiger partial charge in [0.1, 0.15) is 23.2 Å². The Labute approximate surface area is 253 Å². The molecule has 0 unspecified atom stereocenters. The molecule has 20 heteroatoms. The Bertz CT molecular complexity index is 2130. The molecule has 0 saturated carbocycles. The molecule has 0 spiro atoms. The van der Waals surface area contributed by atoms with E-state index in [0.717, 1.165) is 0 Å². The maximum absolute atomic E-state index is 15.2. The molecule has 2 nitrogen and oxygen atoms in total. The maximum atomic E-state index is 15.2. The normalized spacial score (nSPS) is 11.4. The molecule has 250 valence electrons. The molecule has 0 atom stereocenters. The van der Waals surface area contributed by atoms with Gasteiger partial charge in [0, 0.05) is 11.5 Å². The van der Waals surface area contributed by atoms with Gasteiger partial charge < -0.3 is 9.31 Å². The molecule has 48 heavy (non-hydrogen) atoms. The second-order valence-corrected chi connectivity index (χ2v) is 9.31. The topological polar surface area (TPSA) is 18.5 Å². The van der Waals surface area contributed by atoms with Crippen LogP contribution < -0.4 is 14.8 Å². The largest absolute Gasteiger partial charge is 0.639 e. The van der Waals surface area contributed by atoms with Crippen molar-refractivity contribution in [1.29, 1.82) is 0 Å². The zero-order chi connectivity index (χ0) is 35.7. The van der Waals surface area contributed by atoms with Gasteiger partial charge >= 0.3 is 7.12 Å². The quantitative estimate of drug-likeness (QED) is 0.0762. The van der Waals surface area contributed by atoms with Crippen LogP contribution in [-0.4, -0.2) is 7.12 Å². The zero-order valence-electron chi connectivity index (χ0n) is 22.1. The van der Waals surface area contributed by atoms with Gasteiger partial charge in [-0.1, -0.05) is 0 Å². The van der Waals surface area contributed by atoms with Gasteiger partial charge in [-0.3, -0.25) is 0 Å². The Kier molecular flexibility index (Phi) is 8.64. The van der Waals surface area contributed by atoms with Crippen molar-refractivity contribution in [2.24, 2.45) is 0 Å². The molecule has 0 N–H and O–H groups in total. The lowest BCUT2D eigenvalue weighted by molar-refractivity contribution is 0.360. The minimum absolute atomic E-state index is 0.100. The molecule has 0 radical (unpaired) electrons. The molecular formula is C28H4BF17O2. The van der Waals surface area contributed by atoms with Gasteiger partial charge in [-0.25, -0.2) is 70.2 Å². The molecule has 0 aliphatic rings. The summed E-state index contributed by atoms with van der Waals surface area (Å²) in [6.07, 6.45) is 0. The van der Waals surface area contributed by atoms with E-state index in [4.69, 9.17) is 4.65 Å². The molecule has 0 saturated heterocycles. The molecule has 5 aromatic rings. The average molecular weight is 706 g/mol. The molecular weight excluding hydrogens is 702 g/mol. The Hall–Kier alpha value is -5.17. The molecule has 5 aromatic carbocycles. The van der Waals surface area contributed by atoms with Gasteiger partial charge in [0.25, 0.3) is 0 Å². The van der Waals surface area contributed by atoms with E-state index in [1.54, 1.807) is 0 Å². The molecule has 0 heterocycles. The first-order chi connectivity index (χ1) is 22.4. The maximum Gasteiger partial charge on any atom is 0.639 e. The number of benzene rings is 5. The standard InChI is InChI=1S/C28H4BF17O2/c30-5-3-6-9(2-1-7(31)10(6)8(32)4-5)47-29(13-17(36)22(41)25(44)23(42)18(13)37)48-28-12(16(35)21(40)26(45)27(28)46)11-14(33)19(38)24(43)20(39)15(11)34/h1-4H. The average Bonchev–Trinajstić information content (AvgIpc) is 3.04. The van der Waals surface area contributed by atoms with Crippen molar-refractivity contribution >= 4 is 23.4 Å². The van der Waals surface area contributed by atoms with Crippen LogP contribution in [0.25, 0.3) is 21.9 Å². The SMILES string of the molecule is Fc1cc(F)c2c(F)ccc(OB(Oc3c(F)c(F)c(F)c(F)c3-c3c(F)c(F)c(F)c(F)c3F)c3c(F)c(F)c(F)c(F)c3F)c2c1. The lowest BCUT2D eigenvalue weighted by Crippen LogP contribution is -2.48. The number of hydrogen-bond donors (Lipinski definition) is 0. The third-order valence-corrected chi connectivity index (χ3v) is 6.56. The lowest BCUT2D eigenvalue weighted by atomic mass is 9.76. The van der Waals surface area contributed by atoms with Crippen molar-refractivity contribution < 1.29 is 83.9 Å². The highest BCUT2D eigenvalue weighted by molar-refractivity contribution is 6.63. The smallest absolute Gasteiger partial charge is 0.521 e. The third kappa shape index (κ3) is 5.18. The van der Waals surface area contributed by atoms with Gasteiger partial charge in [0.05, 0.1) is 22.0 Å². The van der Waals surface area contributed by atoms with Crippen molar-refractivity contribution in [3.05, 3.63) is 123 Å². The first kappa shape index (κ1) is 34.2. The summed E-state index contributed by atoms with van der Waals surface area (Å²) in [5.74, 6) is -49.7. The van der Waals surface area contributed by atoms with Crippen LogP contribution in [0.15, 0.2) is 24.3 Å². The van der Waals surface area contributed by atoms with Crippen LogP contribution in [0.5, 0.6) is 11.5 Å². The van der Waals surface area contributed by atoms with Crippen LogP contribution in [0.2, 0.25) is 0 Å². The van der Waals surface area contributed by atoms with E-state index in [1.165, 1.54) is 0 Å². The molecule has 0 bridgehead atoms. The van der Waals surface area contributed by atoms with Crippen LogP contribution in [0.1, 0.15) is 0 Å². The fourth-order valence-electron chi connectivity index (χ4n) is 4.40. The lowest BCUT2D eigenvalue weighted by Gasteiger charge is -2.22. The van der Waals surface area contributed by atoms with Crippen LogP contribution in [0, 0.1) is 98.9 Å². The molecule has 5 rings (SSSR count). The van der Waals surface area contributed by atoms with Crippen LogP contribution in [0.4, 0.5) is 74.6 Å². The minimum atomic E-state index is -3.63. The minimum Gasteiger partial charge on any atom is -0.521 e. The Morgan fingerprint density at radius 1 is 0.396 bits per heavy atom. The summed E-state index contributed by atoms with van der Waals surface area (Å²) in [6, 6.07) is 1.01. The van der Waals surface area contributed by atoms with Crippen molar-refractivity contribution in [3.63, 3.8) is 0 Å². The van der Waals surface area contributed by atoms with Gasteiger partial charge in [-0.15, -0.1) is 0 Å². The van der Waals surface area contributed by atoms with E-state index in [2.05, 4.69) is 4.65 Å². The van der Waals surface area contributed by atoms with Crippen molar-refractivity contribution in [2.75, 3.05) is 0 Å². The van der Waals surface area contributed by atoms with Crippen LogP contribution in [0.3, 0.4) is 0 Å². The van der Waals surface area contributed by atoms with E-state index in [0.29, 0.717) is 12.1 Å². The molecule has 0 fully saturated rings. The number of fused-ring (bicyclic) bond motifs is 1. The first-order valence-corrected chi connectivity index (χ1v) is 12.2. The Morgan fingerprint density at radius 2 is 0.833 bits per heavy atom. The second-order valence-electron chi connectivity index (χ2n) is 9.31. The second kappa shape index (κ2) is 12.1. The highest BCUT2D eigenvalue weighted by atomic mass is 19.2. The molecule has 0 aromatic heterocycles. The van der Waals surface area contributed by atoms with E-state index in [1.807, 2.05) is 0 Å². The van der Waals surface area contributed by atoms with Crippen LogP contribution >= 0.6 is 0 Å². The molecule has 0 aliphatic carbocycles. The van der Waals surface area contributed by atoms with E-state index >= 15 is 8.78 Å². The summed E-state index contributed by atoms with van der Waals surface area (Å²) in [4.78, 5) is 0. The van der Waals surface area contributed by atoms with E-state index < -0.39 is 145 Å². The number of halogens is 17. The van der Waals surface area contributed by atoms with Gasteiger partial charge in [-0.05, 0) is 18.2 Å². The van der Waals surface area contributed by atoms with E-state index in [9.17, 15) is 65.9 Å². The van der Waals surface area contributed by atoms with Crippen molar-refractivity contribution in [3.8, 4) is 22.6 Å². The Balaban J connectivity index is 1.87. The summed E-state index contributed by atoms with van der Waals surface area (Å²) in [5.41, 5.74) is -7.56. The van der Waals surface area contributed by atoms with Crippen LogP contribution in [-0.2, 0) is 0 Å². The number of rotatable bonds is 6. The highest BCUT2D eigenvalue weighted by Gasteiger charge is 2.43. The fourth-order valence-corrected chi connectivity index (χ4v) is 4.40. The Morgan fingerprint density at radius 3 is 1.35 bits per heavy atom. The fraction of sp³-hybridized carbons (Fsp3) is 0. The predicted molar refractivity (Wildman–Crippen MR) is 128 cm³/mol. The van der Waals surface area contributed by atoms with Crippen molar-refractivity contribution in [2.45, 2.75) is 0 Å². The van der Waals surface area contributed by atoms with Gasteiger partial charge in [0.15, 0.2) is 69.7 Å². The highest BCUT2D eigenvalue weighted by Crippen LogP contribution is 2.43. The zero-order valence-corrected chi connectivity index (χ0v) is 22.1. The predicted octanol–water partition coefficient (Wildman–Crippen LogP) is 8.72. The third-order valence-electron chi connectivity index (χ3n) is 6.56. The summed E-state index contributed by atoms with van der Waals surface area (Å²) >= 11 is 0. The van der Waals surface area contributed by atoms with Gasteiger partial charge in [0.2, 0.25) is 17.5 Å². The summed E-state index contributed by atoms with van der Waals surface area (Å²) in [6.45, 7) is 0.